The maximum atomic E-state index is 12.5. The van der Waals surface area contributed by atoms with E-state index in [1.807, 2.05) is 36.4 Å². The molecule has 0 fully saturated rings. The van der Waals surface area contributed by atoms with Gasteiger partial charge in [0.05, 0.1) is 11.2 Å². The summed E-state index contributed by atoms with van der Waals surface area (Å²) in [5.41, 5.74) is 2.79. The van der Waals surface area contributed by atoms with Crippen LogP contribution < -0.4 is 5.43 Å². The second-order valence-electron chi connectivity index (χ2n) is 4.60. The first-order chi connectivity index (χ1) is 9.27. The zero-order chi connectivity index (χ0) is 13.0. The highest BCUT2D eigenvalue weighted by molar-refractivity contribution is 6.12. The average Bonchev–Trinajstić information content (AvgIpc) is 2.73. The zero-order valence-corrected chi connectivity index (χ0v) is 9.96. The molecule has 19 heavy (non-hydrogen) atoms. The minimum Gasteiger partial charge on any atom is -0.289 e. The number of fused-ring (bicyclic) bond motifs is 5. The van der Waals surface area contributed by atoms with E-state index in [9.17, 15) is 9.59 Å². The number of nitrogens with zero attached hydrogens (tertiary/aromatic N) is 1. The standard InChI is InChI=1S/C16H9NO2/c18-15-9-14-10-5-1-2-6-11(10)16(19)17(14)13-8-4-3-7-12(13)15/h1-9H. The number of aromatic nitrogens is 1. The lowest BCUT2D eigenvalue weighted by Crippen LogP contribution is -2.13. The molecule has 0 atom stereocenters. The van der Waals surface area contributed by atoms with E-state index >= 15 is 0 Å². The van der Waals surface area contributed by atoms with Gasteiger partial charge in [0.25, 0.3) is 5.91 Å². The van der Waals surface area contributed by atoms with Crippen LogP contribution in [0.3, 0.4) is 0 Å². The summed E-state index contributed by atoms with van der Waals surface area (Å²) in [4.78, 5) is 24.6. The Kier molecular flexibility index (Phi) is 1.85. The Morgan fingerprint density at radius 2 is 1.47 bits per heavy atom. The Bertz CT molecular complexity index is 906. The summed E-state index contributed by atoms with van der Waals surface area (Å²) >= 11 is 0. The molecule has 90 valence electrons. The molecule has 4 rings (SSSR count). The second-order valence-corrected chi connectivity index (χ2v) is 4.60. The van der Waals surface area contributed by atoms with E-state index in [4.69, 9.17) is 0 Å². The highest BCUT2D eigenvalue weighted by Crippen LogP contribution is 2.32. The van der Waals surface area contributed by atoms with Crippen molar-refractivity contribution in [1.82, 2.24) is 4.57 Å². The van der Waals surface area contributed by atoms with Gasteiger partial charge in [-0.15, -0.1) is 0 Å². The van der Waals surface area contributed by atoms with Crippen molar-refractivity contribution in [3.8, 4) is 11.3 Å². The van der Waals surface area contributed by atoms with Crippen LogP contribution in [-0.4, -0.2) is 10.5 Å². The molecule has 0 N–H and O–H groups in total. The molecule has 0 saturated heterocycles. The van der Waals surface area contributed by atoms with Crippen molar-refractivity contribution in [2.45, 2.75) is 0 Å². The predicted octanol–water partition coefficient (Wildman–Crippen LogP) is 2.67. The molecule has 2 heterocycles. The number of carbonyl (C=O) groups is 1. The number of hydrogen-bond acceptors (Lipinski definition) is 2. The minimum absolute atomic E-state index is 0.0497. The first-order valence-corrected chi connectivity index (χ1v) is 6.06. The Labute approximate surface area is 108 Å². The van der Waals surface area contributed by atoms with Crippen LogP contribution in [0.1, 0.15) is 10.4 Å². The molecule has 3 heteroatoms. The summed E-state index contributed by atoms with van der Waals surface area (Å²) in [6.07, 6.45) is 0. The molecule has 0 unspecified atom stereocenters. The van der Waals surface area contributed by atoms with Crippen LogP contribution in [0.25, 0.3) is 22.2 Å². The fourth-order valence-electron chi connectivity index (χ4n) is 2.70. The van der Waals surface area contributed by atoms with E-state index < -0.39 is 0 Å². The van der Waals surface area contributed by atoms with Crippen LogP contribution in [0.5, 0.6) is 0 Å². The monoisotopic (exact) mass is 247 g/mol. The lowest BCUT2D eigenvalue weighted by molar-refractivity contribution is 0.0973. The topological polar surface area (TPSA) is 39.1 Å². The maximum absolute atomic E-state index is 12.5. The Morgan fingerprint density at radius 3 is 2.32 bits per heavy atom. The van der Waals surface area contributed by atoms with Crippen LogP contribution in [0.2, 0.25) is 0 Å². The number of carbonyl (C=O) groups excluding carboxylic acids is 1. The largest absolute Gasteiger partial charge is 0.289 e. The molecule has 0 saturated carbocycles. The van der Waals surface area contributed by atoms with Gasteiger partial charge in [0, 0.05) is 22.6 Å². The van der Waals surface area contributed by atoms with Crippen molar-refractivity contribution in [2.75, 3.05) is 0 Å². The second kappa shape index (κ2) is 3.42. The highest BCUT2D eigenvalue weighted by atomic mass is 16.2. The lowest BCUT2D eigenvalue weighted by atomic mass is 10.1. The maximum Gasteiger partial charge on any atom is 0.263 e. The van der Waals surface area contributed by atoms with Gasteiger partial charge in [0.2, 0.25) is 0 Å². The molecule has 0 amide bonds. The number of pyridine rings is 1. The van der Waals surface area contributed by atoms with Gasteiger partial charge in [-0.25, -0.2) is 0 Å². The van der Waals surface area contributed by atoms with E-state index in [2.05, 4.69) is 0 Å². The number of benzene rings is 2. The van der Waals surface area contributed by atoms with Crippen LogP contribution in [0.4, 0.5) is 0 Å². The zero-order valence-electron chi connectivity index (χ0n) is 9.96. The van der Waals surface area contributed by atoms with Crippen molar-refractivity contribution < 1.29 is 4.79 Å². The predicted molar refractivity (Wildman–Crippen MR) is 73.4 cm³/mol. The molecule has 0 bridgehead atoms. The van der Waals surface area contributed by atoms with Crippen molar-refractivity contribution >= 4 is 16.8 Å². The molecule has 1 aliphatic rings. The van der Waals surface area contributed by atoms with Gasteiger partial charge in [-0.3, -0.25) is 14.2 Å². The normalized spacial score (nSPS) is 12.5. The van der Waals surface area contributed by atoms with Crippen molar-refractivity contribution in [1.29, 1.82) is 0 Å². The van der Waals surface area contributed by atoms with E-state index in [-0.39, 0.29) is 11.3 Å². The van der Waals surface area contributed by atoms with Gasteiger partial charge in [-0.1, -0.05) is 30.3 Å². The van der Waals surface area contributed by atoms with E-state index in [0.717, 1.165) is 5.56 Å². The third-order valence-corrected chi connectivity index (χ3v) is 3.56. The average molecular weight is 247 g/mol. The fraction of sp³-hybridized carbons (Fsp3) is 0. The Hall–Kier alpha value is -2.68. The van der Waals surface area contributed by atoms with Crippen molar-refractivity contribution in [3.05, 3.63) is 70.4 Å². The van der Waals surface area contributed by atoms with Crippen LogP contribution in [0.15, 0.2) is 59.4 Å². The molecule has 0 aliphatic carbocycles. The van der Waals surface area contributed by atoms with Gasteiger partial charge in [0.15, 0.2) is 5.43 Å². The third-order valence-electron chi connectivity index (χ3n) is 3.56. The summed E-state index contributed by atoms with van der Waals surface area (Å²) < 4.78 is 1.63. The minimum atomic E-state index is -0.0678. The summed E-state index contributed by atoms with van der Waals surface area (Å²) in [6, 6.07) is 16.1. The quantitative estimate of drug-likeness (QED) is 0.479. The first-order valence-electron chi connectivity index (χ1n) is 6.06. The molecule has 1 aromatic heterocycles. The molecule has 0 radical (unpaired) electrons. The SMILES string of the molecule is O=C1c2ccccc2-c2cc(=O)c3ccccc3n21. The molecule has 3 nitrogen and oxygen atoms in total. The fourth-order valence-corrected chi connectivity index (χ4v) is 2.70. The molecule has 1 aliphatic heterocycles. The molecule has 3 aromatic rings. The summed E-state index contributed by atoms with van der Waals surface area (Å²) in [5.74, 6) is -0.0678. The van der Waals surface area contributed by atoms with Gasteiger partial charge < -0.3 is 0 Å². The van der Waals surface area contributed by atoms with E-state index in [0.29, 0.717) is 22.2 Å². The van der Waals surface area contributed by atoms with Gasteiger partial charge in [-0.2, -0.15) is 0 Å². The number of para-hydroxylation sites is 1. The Morgan fingerprint density at radius 1 is 0.789 bits per heavy atom. The molecule has 2 aromatic carbocycles. The molecular weight excluding hydrogens is 238 g/mol. The number of rotatable bonds is 0. The lowest BCUT2D eigenvalue weighted by Gasteiger charge is -2.07. The van der Waals surface area contributed by atoms with Crippen LogP contribution in [0, 0.1) is 0 Å². The van der Waals surface area contributed by atoms with Crippen LogP contribution in [-0.2, 0) is 0 Å². The van der Waals surface area contributed by atoms with Gasteiger partial charge >= 0.3 is 0 Å². The molecule has 0 spiro atoms. The summed E-state index contributed by atoms with van der Waals surface area (Å²) in [7, 11) is 0. The number of hydrogen-bond donors (Lipinski definition) is 0. The summed E-state index contributed by atoms with van der Waals surface area (Å²) in [6.45, 7) is 0. The smallest absolute Gasteiger partial charge is 0.263 e. The highest BCUT2D eigenvalue weighted by Gasteiger charge is 2.27. The van der Waals surface area contributed by atoms with E-state index in [1.54, 1.807) is 22.8 Å². The Balaban J connectivity index is 2.25. The van der Waals surface area contributed by atoms with Crippen molar-refractivity contribution in [2.24, 2.45) is 0 Å². The molecular formula is C16H9NO2. The van der Waals surface area contributed by atoms with E-state index in [1.165, 1.54) is 0 Å². The summed E-state index contributed by atoms with van der Waals surface area (Å²) in [5, 5.41) is 0.576. The van der Waals surface area contributed by atoms with Crippen molar-refractivity contribution in [3.63, 3.8) is 0 Å². The third kappa shape index (κ3) is 1.21. The van der Waals surface area contributed by atoms with Crippen LogP contribution >= 0.6 is 0 Å². The first kappa shape index (κ1) is 10.3. The van der Waals surface area contributed by atoms with Gasteiger partial charge in [0.1, 0.15) is 0 Å². The van der Waals surface area contributed by atoms with Gasteiger partial charge in [-0.05, 0) is 18.2 Å².